The Kier molecular flexibility index (Phi) is 5.40. The van der Waals surface area contributed by atoms with Crippen LogP contribution in [0.3, 0.4) is 0 Å². The Morgan fingerprint density at radius 2 is 1.95 bits per heavy atom. The van der Waals surface area contributed by atoms with Crippen LogP contribution in [0.15, 0.2) is 48.7 Å². The summed E-state index contributed by atoms with van der Waals surface area (Å²) < 4.78 is 5.51. The van der Waals surface area contributed by atoms with Gasteiger partial charge in [-0.1, -0.05) is 65.7 Å². The van der Waals surface area contributed by atoms with E-state index in [2.05, 4.69) is 4.98 Å². The van der Waals surface area contributed by atoms with E-state index in [1.165, 1.54) is 0 Å². The minimum atomic E-state index is 0.387. The smallest absolute Gasteiger partial charge is 0.130 e. The van der Waals surface area contributed by atoms with Crippen molar-refractivity contribution in [3.05, 3.63) is 70.0 Å². The second kappa shape index (κ2) is 7.29. The molecule has 0 N–H and O–H groups in total. The van der Waals surface area contributed by atoms with Gasteiger partial charge < -0.3 is 4.74 Å². The average Bonchev–Trinajstić information content (AvgIpc) is 2.42. The lowest BCUT2D eigenvalue weighted by Crippen LogP contribution is -1.94. The zero-order valence-electron chi connectivity index (χ0n) is 10.2. The van der Waals surface area contributed by atoms with E-state index in [1.54, 1.807) is 12.3 Å². The lowest BCUT2D eigenvalue weighted by molar-refractivity contribution is 0.149. The first-order valence-electron chi connectivity index (χ1n) is 5.85. The molecule has 1 aromatic carbocycles. The molecule has 0 spiro atoms. The highest BCUT2D eigenvalue weighted by atomic mass is 35.5. The minimum Gasteiger partial charge on any atom is -0.373 e. The number of rotatable bonds is 5. The molecule has 0 bridgehead atoms. The zero-order valence-corrected chi connectivity index (χ0v) is 11.7. The summed E-state index contributed by atoms with van der Waals surface area (Å²) in [5, 5.41) is 0.963. The molecule has 0 aliphatic heterocycles. The van der Waals surface area contributed by atoms with Gasteiger partial charge in [-0.3, -0.25) is 0 Å². The number of hydrogen-bond acceptors (Lipinski definition) is 2. The van der Waals surface area contributed by atoms with Crippen molar-refractivity contribution in [1.29, 1.82) is 0 Å². The Morgan fingerprint density at radius 1 is 1.16 bits per heavy atom. The molecule has 0 fully saturated rings. The van der Waals surface area contributed by atoms with E-state index < -0.39 is 0 Å². The Morgan fingerprint density at radius 3 is 2.68 bits per heavy atom. The lowest BCUT2D eigenvalue weighted by atomic mass is 10.2. The number of hydrogen-bond donors (Lipinski definition) is 0. The van der Waals surface area contributed by atoms with Crippen molar-refractivity contribution in [2.24, 2.45) is 0 Å². The maximum atomic E-state index is 6.02. The highest BCUT2D eigenvalue weighted by molar-refractivity contribution is 6.34. The van der Waals surface area contributed by atoms with Crippen molar-refractivity contribution in [3.8, 4) is 0 Å². The standard InChI is InChI=1S/C15H13Cl2NO/c16-14-9-15(17)18-10-13(14)11-19-8-4-7-12-5-2-1-3-6-12/h1-7,9-10H,8,11H2/b7-4+. The summed E-state index contributed by atoms with van der Waals surface area (Å²) in [4.78, 5) is 3.97. The van der Waals surface area contributed by atoms with Gasteiger partial charge in [-0.2, -0.15) is 0 Å². The van der Waals surface area contributed by atoms with Crippen LogP contribution in [0.4, 0.5) is 0 Å². The summed E-state index contributed by atoms with van der Waals surface area (Å²) in [6, 6.07) is 11.7. The number of pyridine rings is 1. The molecular formula is C15H13Cl2NO. The van der Waals surface area contributed by atoms with Crippen LogP contribution < -0.4 is 0 Å². The van der Waals surface area contributed by atoms with E-state index in [1.807, 2.05) is 42.5 Å². The normalized spacial score (nSPS) is 11.1. The molecule has 0 radical (unpaired) electrons. The third-order valence-corrected chi connectivity index (χ3v) is 3.04. The Labute approximate surface area is 122 Å². The van der Waals surface area contributed by atoms with E-state index in [9.17, 15) is 0 Å². The molecule has 2 rings (SSSR count). The molecule has 2 aromatic rings. The van der Waals surface area contributed by atoms with Crippen LogP contribution in [-0.4, -0.2) is 11.6 Å². The SMILES string of the molecule is Clc1cc(Cl)c(COC/C=C/c2ccccc2)cn1. The monoisotopic (exact) mass is 293 g/mol. The fraction of sp³-hybridized carbons (Fsp3) is 0.133. The summed E-state index contributed by atoms with van der Waals surface area (Å²) in [6.45, 7) is 0.940. The van der Waals surface area contributed by atoms with Gasteiger partial charge in [-0.15, -0.1) is 0 Å². The van der Waals surface area contributed by atoms with E-state index in [0.717, 1.165) is 11.1 Å². The van der Waals surface area contributed by atoms with Crippen molar-refractivity contribution < 1.29 is 4.74 Å². The van der Waals surface area contributed by atoms with Gasteiger partial charge in [0.1, 0.15) is 5.15 Å². The van der Waals surface area contributed by atoms with Crippen LogP contribution in [0.2, 0.25) is 10.2 Å². The fourth-order valence-electron chi connectivity index (χ4n) is 1.53. The predicted molar refractivity (Wildman–Crippen MR) is 79.4 cm³/mol. The van der Waals surface area contributed by atoms with Crippen molar-refractivity contribution in [1.82, 2.24) is 4.98 Å². The minimum absolute atomic E-state index is 0.387. The maximum absolute atomic E-state index is 6.02. The third-order valence-electron chi connectivity index (χ3n) is 2.48. The number of ether oxygens (including phenoxy) is 1. The topological polar surface area (TPSA) is 22.1 Å². The van der Waals surface area contributed by atoms with E-state index in [4.69, 9.17) is 27.9 Å². The van der Waals surface area contributed by atoms with E-state index >= 15 is 0 Å². The zero-order chi connectivity index (χ0) is 13.5. The highest BCUT2D eigenvalue weighted by Crippen LogP contribution is 2.19. The molecule has 98 valence electrons. The van der Waals surface area contributed by atoms with Gasteiger partial charge >= 0.3 is 0 Å². The molecule has 4 heteroatoms. The van der Waals surface area contributed by atoms with E-state index in [-0.39, 0.29) is 0 Å². The highest BCUT2D eigenvalue weighted by Gasteiger charge is 2.01. The van der Waals surface area contributed by atoms with Gasteiger partial charge in [0, 0.05) is 11.8 Å². The van der Waals surface area contributed by atoms with Gasteiger partial charge in [0.15, 0.2) is 0 Å². The molecule has 2 nitrogen and oxygen atoms in total. The molecule has 0 amide bonds. The number of halogens is 2. The first-order chi connectivity index (χ1) is 9.25. The van der Waals surface area contributed by atoms with Crippen LogP contribution in [-0.2, 0) is 11.3 Å². The van der Waals surface area contributed by atoms with Crippen LogP contribution in [0.25, 0.3) is 6.08 Å². The molecule has 0 atom stereocenters. The van der Waals surface area contributed by atoms with Crippen molar-refractivity contribution >= 4 is 29.3 Å². The van der Waals surface area contributed by atoms with E-state index in [0.29, 0.717) is 23.4 Å². The van der Waals surface area contributed by atoms with Gasteiger partial charge in [0.25, 0.3) is 0 Å². The van der Waals surface area contributed by atoms with Gasteiger partial charge in [-0.05, 0) is 11.6 Å². The molecule has 0 unspecified atom stereocenters. The second-order valence-corrected chi connectivity index (χ2v) is 4.72. The van der Waals surface area contributed by atoms with Crippen molar-refractivity contribution in [2.75, 3.05) is 6.61 Å². The number of aromatic nitrogens is 1. The molecule has 1 heterocycles. The largest absolute Gasteiger partial charge is 0.373 e. The van der Waals surface area contributed by atoms with Crippen LogP contribution in [0.5, 0.6) is 0 Å². The van der Waals surface area contributed by atoms with Gasteiger partial charge in [0.05, 0.1) is 18.2 Å². The molecular weight excluding hydrogens is 281 g/mol. The molecule has 1 aromatic heterocycles. The average molecular weight is 294 g/mol. The summed E-state index contributed by atoms with van der Waals surface area (Å²) >= 11 is 11.7. The fourth-order valence-corrected chi connectivity index (χ4v) is 1.95. The van der Waals surface area contributed by atoms with Crippen LogP contribution >= 0.6 is 23.2 Å². The van der Waals surface area contributed by atoms with Gasteiger partial charge in [0.2, 0.25) is 0 Å². The summed E-state index contributed by atoms with van der Waals surface area (Å²) in [5.41, 5.74) is 1.98. The molecule has 19 heavy (non-hydrogen) atoms. The molecule has 0 saturated heterocycles. The summed E-state index contributed by atoms with van der Waals surface area (Å²) in [6.07, 6.45) is 5.61. The summed E-state index contributed by atoms with van der Waals surface area (Å²) in [7, 11) is 0. The van der Waals surface area contributed by atoms with Crippen LogP contribution in [0.1, 0.15) is 11.1 Å². The van der Waals surface area contributed by atoms with Crippen molar-refractivity contribution in [2.45, 2.75) is 6.61 Å². The third kappa shape index (κ3) is 4.67. The maximum Gasteiger partial charge on any atom is 0.130 e. The molecule has 0 aliphatic carbocycles. The van der Waals surface area contributed by atoms with Crippen LogP contribution in [0, 0.1) is 0 Å². The molecule has 0 aliphatic rings. The van der Waals surface area contributed by atoms with Crippen molar-refractivity contribution in [3.63, 3.8) is 0 Å². The Balaban J connectivity index is 1.79. The first kappa shape index (κ1) is 14.1. The lowest BCUT2D eigenvalue weighted by Gasteiger charge is -2.03. The number of benzene rings is 1. The van der Waals surface area contributed by atoms with Gasteiger partial charge in [-0.25, -0.2) is 4.98 Å². The quantitative estimate of drug-likeness (QED) is 0.593. The second-order valence-electron chi connectivity index (χ2n) is 3.93. The molecule has 0 saturated carbocycles. The summed E-state index contributed by atoms with van der Waals surface area (Å²) in [5.74, 6) is 0. The predicted octanol–water partition coefficient (Wildman–Crippen LogP) is 4.62. The Hall–Kier alpha value is -1.35. The first-order valence-corrected chi connectivity index (χ1v) is 6.60. The number of nitrogens with zero attached hydrogens (tertiary/aromatic N) is 1. The Bertz CT molecular complexity index is 555.